The number of methoxy groups -OCH3 is 1. The van der Waals surface area contributed by atoms with E-state index in [1.165, 1.54) is 6.07 Å². The molecule has 2 aromatic rings. The van der Waals surface area contributed by atoms with E-state index in [-0.39, 0.29) is 11.9 Å². The van der Waals surface area contributed by atoms with Crippen molar-refractivity contribution in [3.8, 4) is 5.75 Å². The van der Waals surface area contributed by atoms with Crippen LogP contribution >= 0.6 is 0 Å². The highest BCUT2D eigenvalue weighted by Crippen LogP contribution is 2.27. The molecule has 0 saturated carbocycles. The van der Waals surface area contributed by atoms with Gasteiger partial charge in [-0.3, -0.25) is 4.98 Å². The van der Waals surface area contributed by atoms with E-state index in [0.29, 0.717) is 17.9 Å². The van der Waals surface area contributed by atoms with Crippen molar-refractivity contribution in [2.75, 3.05) is 7.11 Å². The van der Waals surface area contributed by atoms with Gasteiger partial charge >= 0.3 is 0 Å². The van der Waals surface area contributed by atoms with Crippen LogP contribution in [0.25, 0.3) is 0 Å². The second kappa shape index (κ2) is 6.29. The van der Waals surface area contributed by atoms with Gasteiger partial charge in [-0.05, 0) is 36.8 Å². The average Bonchev–Trinajstić information content (AvgIpc) is 2.45. The van der Waals surface area contributed by atoms with Gasteiger partial charge in [-0.25, -0.2) is 4.39 Å². The van der Waals surface area contributed by atoms with Gasteiger partial charge in [0, 0.05) is 30.5 Å². The number of rotatable bonds is 5. The quantitative estimate of drug-likeness (QED) is 0.897. The number of pyridine rings is 1. The monoisotopic (exact) mass is 260 g/mol. The zero-order chi connectivity index (χ0) is 13.7. The Kier molecular flexibility index (Phi) is 4.47. The summed E-state index contributed by atoms with van der Waals surface area (Å²) in [5.74, 6) is 0.309. The number of aromatic nitrogens is 1. The first-order chi connectivity index (χ1) is 9.22. The zero-order valence-corrected chi connectivity index (χ0v) is 11.1. The molecule has 1 unspecified atom stereocenters. The lowest BCUT2D eigenvalue weighted by Crippen LogP contribution is -2.19. The molecule has 1 aromatic carbocycles. The molecule has 4 heteroatoms. The fourth-order valence-electron chi connectivity index (χ4n) is 1.99. The average molecular weight is 260 g/mol. The molecule has 0 saturated heterocycles. The van der Waals surface area contributed by atoms with Crippen LogP contribution in [0.3, 0.4) is 0 Å². The summed E-state index contributed by atoms with van der Waals surface area (Å²) in [6, 6.07) is 8.58. The van der Waals surface area contributed by atoms with E-state index in [9.17, 15) is 4.39 Å². The molecular weight excluding hydrogens is 243 g/mol. The number of hydrogen-bond acceptors (Lipinski definition) is 3. The van der Waals surface area contributed by atoms with Crippen LogP contribution in [0, 0.1) is 5.82 Å². The number of halogens is 1. The van der Waals surface area contributed by atoms with Gasteiger partial charge in [0.1, 0.15) is 11.6 Å². The molecule has 3 nitrogen and oxygen atoms in total. The third kappa shape index (κ3) is 3.29. The van der Waals surface area contributed by atoms with Crippen molar-refractivity contribution in [3.63, 3.8) is 0 Å². The second-order valence-electron chi connectivity index (χ2n) is 4.31. The van der Waals surface area contributed by atoms with Gasteiger partial charge in [-0.15, -0.1) is 0 Å². The minimum Gasteiger partial charge on any atom is -0.496 e. The summed E-state index contributed by atoms with van der Waals surface area (Å²) in [5, 5.41) is 3.28. The number of nitrogens with zero attached hydrogens (tertiary/aromatic N) is 1. The Hall–Kier alpha value is -1.94. The molecule has 19 heavy (non-hydrogen) atoms. The zero-order valence-electron chi connectivity index (χ0n) is 11.1. The van der Waals surface area contributed by atoms with E-state index in [0.717, 1.165) is 5.56 Å². The van der Waals surface area contributed by atoms with Crippen LogP contribution < -0.4 is 10.1 Å². The number of hydrogen-bond donors (Lipinski definition) is 1. The van der Waals surface area contributed by atoms with Crippen LogP contribution in [0.1, 0.15) is 24.1 Å². The predicted molar refractivity (Wildman–Crippen MR) is 72.4 cm³/mol. The van der Waals surface area contributed by atoms with Crippen molar-refractivity contribution < 1.29 is 9.13 Å². The van der Waals surface area contributed by atoms with Crippen LogP contribution in [-0.2, 0) is 6.54 Å². The fraction of sp³-hybridized carbons (Fsp3) is 0.267. The topological polar surface area (TPSA) is 34.1 Å². The third-order valence-electron chi connectivity index (χ3n) is 3.03. The normalized spacial score (nSPS) is 12.2. The van der Waals surface area contributed by atoms with Crippen molar-refractivity contribution in [1.82, 2.24) is 10.3 Å². The summed E-state index contributed by atoms with van der Waals surface area (Å²) in [6.07, 6.45) is 3.48. The summed E-state index contributed by atoms with van der Waals surface area (Å²) >= 11 is 0. The number of benzene rings is 1. The maximum atomic E-state index is 13.9. The van der Waals surface area contributed by atoms with Gasteiger partial charge in [0.05, 0.1) is 7.11 Å². The van der Waals surface area contributed by atoms with Gasteiger partial charge in [-0.2, -0.15) is 0 Å². The molecule has 1 aromatic heterocycles. The van der Waals surface area contributed by atoms with E-state index >= 15 is 0 Å². The Morgan fingerprint density at radius 2 is 2.00 bits per heavy atom. The molecule has 0 amide bonds. The molecule has 0 aliphatic carbocycles. The van der Waals surface area contributed by atoms with Gasteiger partial charge in [0.2, 0.25) is 0 Å². The standard InChI is InChI=1S/C15H17FN2O/c1-11(18-10-12-6-8-17-9-7-12)15-13(16)4-3-5-14(15)19-2/h3-9,11,18H,10H2,1-2H3. The SMILES string of the molecule is COc1cccc(F)c1C(C)NCc1ccncc1. The highest BCUT2D eigenvalue weighted by molar-refractivity contribution is 5.37. The molecule has 0 bridgehead atoms. The van der Waals surface area contributed by atoms with Crippen LogP contribution in [0.4, 0.5) is 4.39 Å². The minimum absolute atomic E-state index is 0.135. The highest BCUT2D eigenvalue weighted by Gasteiger charge is 2.15. The summed E-state index contributed by atoms with van der Waals surface area (Å²) in [5.41, 5.74) is 1.66. The van der Waals surface area contributed by atoms with Crippen molar-refractivity contribution >= 4 is 0 Å². The molecule has 0 radical (unpaired) electrons. The molecule has 1 N–H and O–H groups in total. The van der Waals surface area contributed by atoms with Crippen LogP contribution in [0.2, 0.25) is 0 Å². The van der Waals surface area contributed by atoms with Gasteiger partial charge < -0.3 is 10.1 Å². The largest absolute Gasteiger partial charge is 0.496 e. The second-order valence-corrected chi connectivity index (χ2v) is 4.31. The summed E-state index contributed by atoms with van der Waals surface area (Å²) < 4.78 is 19.1. The van der Waals surface area contributed by atoms with E-state index in [2.05, 4.69) is 10.3 Å². The maximum Gasteiger partial charge on any atom is 0.131 e. The lowest BCUT2D eigenvalue weighted by molar-refractivity contribution is 0.393. The summed E-state index contributed by atoms with van der Waals surface area (Å²) in [7, 11) is 1.55. The van der Waals surface area contributed by atoms with Crippen molar-refractivity contribution in [2.24, 2.45) is 0 Å². The molecule has 0 aliphatic heterocycles. The first-order valence-corrected chi connectivity index (χ1v) is 6.17. The van der Waals surface area contributed by atoms with E-state index in [1.54, 1.807) is 31.6 Å². The molecule has 1 atom stereocenters. The molecule has 2 rings (SSSR count). The van der Waals surface area contributed by atoms with E-state index in [4.69, 9.17) is 4.74 Å². The Morgan fingerprint density at radius 1 is 1.26 bits per heavy atom. The number of nitrogens with one attached hydrogen (secondary N) is 1. The van der Waals surface area contributed by atoms with Gasteiger partial charge in [-0.1, -0.05) is 6.07 Å². The molecule has 100 valence electrons. The summed E-state index contributed by atoms with van der Waals surface area (Å²) in [4.78, 5) is 3.96. The molecule has 1 heterocycles. The third-order valence-corrected chi connectivity index (χ3v) is 3.03. The Balaban J connectivity index is 2.10. The Morgan fingerprint density at radius 3 is 2.68 bits per heavy atom. The molecule has 0 spiro atoms. The summed E-state index contributed by atoms with van der Waals surface area (Å²) in [6.45, 7) is 2.57. The fourth-order valence-corrected chi connectivity index (χ4v) is 1.99. The molecular formula is C15H17FN2O. The lowest BCUT2D eigenvalue weighted by atomic mass is 10.1. The van der Waals surface area contributed by atoms with Crippen molar-refractivity contribution in [1.29, 1.82) is 0 Å². The maximum absolute atomic E-state index is 13.9. The van der Waals surface area contributed by atoms with E-state index in [1.807, 2.05) is 19.1 Å². The first-order valence-electron chi connectivity index (χ1n) is 6.17. The highest BCUT2D eigenvalue weighted by atomic mass is 19.1. The first kappa shape index (κ1) is 13.5. The van der Waals surface area contributed by atoms with Gasteiger partial charge in [0.15, 0.2) is 0 Å². The predicted octanol–water partition coefficient (Wildman–Crippen LogP) is 3.08. The molecule has 0 fully saturated rings. The van der Waals surface area contributed by atoms with Crippen LogP contribution in [0.15, 0.2) is 42.7 Å². The molecule has 0 aliphatic rings. The Bertz CT molecular complexity index is 531. The van der Waals surface area contributed by atoms with Gasteiger partial charge in [0.25, 0.3) is 0 Å². The Labute approximate surface area is 112 Å². The van der Waals surface area contributed by atoms with Crippen molar-refractivity contribution in [2.45, 2.75) is 19.5 Å². The minimum atomic E-state index is -0.255. The van der Waals surface area contributed by atoms with E-state index < -0.39 is 0 Å². The van der Waals surface area contributed by atoms with Crippen LogP contribution in [0.5, 0.6) is 5.75 Å². The number of ether oxygens (including phenoxy) is 1. The van der Waals surface area contributed by atoms with Crippen molar-refractivity contribution in [3.05, 3.63) is 59.7 Å². The lowest BCUT2D eigenvalue weighted by Gasteiger charge is -2.18. The van der Waals surface area contributed by atoms with Crippen LogP contribution in [-0.4, -0.2) is 12.1 Å². The smallest absolute Gasteiger partial charge is 0.131 e.